The fourth-order valence-electron chi connectivity index (χ4n) is 2.14. The smallest absolute Gasteiger partial charge is 0.307 e. The number of carboxylic acids is 1. The summed E-state index contributed by atoms with van der Waals surface area (Å²) in [7, 11) is 1.63. The number of nitrogens with one attached hydrogen (secondary N) is 1. The zero-order chi connectivity index (χ0) is 15.1. The first-order valence-corrected chi connectivity index (χ1v) is 7.49. The van der Waals surface area contributed by atoms with Gasteiger partial charge in [-0.05, 0) is 34.3 Å². The second-order valence-electron chi connectivity index (χ2n) is 5.23. The molecule has 0 bridgehead atoms. The standard InChI is InChI=1S/C15H22BrNO3/c1-10(2)7-12(15(18)19)9-17-8-11-5-4-6-13(16)14(11)20-3/h4-6,10,12,17H,7-9H2,1-3H3,(H,18,19). The Bertz CT molecular complexity index is 449. The molecule has 0 amide bonds. The lowest BCUT2D eigenvalue weighted by molar-refractivity contribution is -0.142. The molecule has 1 rings (SSSR count). The molecule has 0 fully saturated rings. The van der Waals surface area contributed by atoms with Crippen molar-refractivity contribution in [3.05, 3.63) is 28.2 Å². The summed E-state index contributed by atoms with van der Waals surface area (Å²) in [6.45, 7) is 5.12. The van der Waals surface area contributed by atoms with E-state index in [1.54, 1.807) is 7.11 Å². The van der Waals surface area contributed by atoms with Crippen LogP contribution in [0.15, 0.2) is 22.7 Å². The number of methoxy groups -OCH3 is 1. The van der Waals surface area contributed by atoms with Gasteiger partial charge in [0.25, 0.3) is 0 Å². The van der Waals surface area contributed by atoms with Crippen molar-refractivity contribution in [1.29, 1.82) is 0 Å². The highest BCUT2D eigenvalue weighted by Crippen LogP contribution is 2.28. The van der Waals surface area contributed by atoms with Crippen LogP contribution in [0.2, 0.25) is 0 Å². The van der Waals surface area contributed by atoms with Crippen molar-refractivity contribution >= 4 is 21.9 Å². The molecule has 0 heterocycles. The predicted molar refractivity (Wildman–Crippen MR) is 83.0 cm³/mol. The molecule has 1 unspecified atom stereocenters. The predicted octanol–water partition coefficient (Wildman–Crippen LogP) is 3.29. The highest BCUT2D eigenvalue weighted by molar-refractivity contribution is 9.10. The number of benzene rings is 1. The molecule has 0 aliphatic rings. The topological polar surface area (TPSA) is 58.6 Å². The van der Waals surface area contributed by atoms with E-state index in [9.17, 15) is 9.90 Å². The normalized spacial score (nSPS) is 12.4. The van der Waals surface area contributed by atoms with Gasteiger partial charge in [-0.1, -0.05) is 26.0 Å². The minimum atomic E-state index is -0.743. The zero-order valence-corrected chi connectivity index (χ0v) is 13.7. The van der Waals surface area contributed by atoms with Gasteiger partial charge in [-0.3, -0.25) is 4.79 Å². The van der Waals surface area contributed by atoms with Crippen LogP contribution in [0.25, 0.3) is 0 Å². The first kappa shape index (κ1) is 17.0. The summed E-state index contributed by atoms with van der Waals surface area (Å²) in [6, 6.07) is 5.82. The van der Waals surface area contributed by atoms with E-state index in [0.29, 0.717) is 25.4 Å². The molecule has 20 heavy (non-hydrogen) atoms. The van der Waals surface area contributed by atoms with Gasteiger partial charge in [0.1, 0.15) is 5.75 Å². The third kappa shape index (κ3) is 5.13. The van der Waals surface area contributed by atoms with Crippen molar-refractivity contribution in [1.82, 2.24) is 5.32 Å². The molecule has 0 aliphatic carbocycles. The van der Waals surface area contributed by atoms with E-state index in [2.05, 4.69) is 21.2 Å². The molecule has 0 saturated heterocycles. The van der Waals surface area contributed by atoms with Crippen molar-refractivity contribution in [2.75, 3.05) is 13.7 Å². The third-order valence-electron chi connectivity index (χ3n) is 3.06. The third-order valence-corrected chi connectivity index (χ3v) is 3.69. The van der Waals surface area contributed by atoms with Crippen LogP contribution in [0.1, 0.15) is 25.8 Å². The molecule has 112 valence electrons. The number of hydrogen-bond donors (Lipinski definition) is 2. The van der Waals surface area contributed by atoms with Crippen LogP contribution in [0.5, 0.6) is 5.75 Å². The van der Waals surface area contributed by atoms with E-state index in [1.165, 1.54) is 0 Å². The molecule has 0 radical (unpaired) electrons. The maximum atomic E-state index is 11.2. The summed E-state index contributed by atoms with van der Waals surface area (Å²) in [5.74, 6) is 0.0644. The Morgan fingerprint density at radius 1 is 1.45 bits per heavy atom. The molecule has 4 nitrogen and oxygen atoms in total. The molecule has 1 atom stereocenters. The van der Waals surface area contributed by atoms with Crippen molar-refractivity contribution in [3.63, 3.8) is 0 Å². The summed E-state index contributed by atoms with van der Waals surface area (Å²) < 4.78 is 6.24. The number of halogens is 1. The van der Waals surface area contributed by atoms with Crippen LogP contribution in [0.4, 0.5) is 0 Å². The fourth-order valence-corrected chi connectivity index (χ4v) is 2.71. The molecular formula is C15H22BrNO3. The Balaban J connectivity index is 2.59. The number of aliphatic carboxylic acids is 1. The van der Waals surface area contributed by atoms with Crippen molar-refractivity contribution in [2.24, 2.45) is 11.8 Å². The van der Waals surface area contributed by atoms with Crippen molar-refractivity contribution < 1.29 is 14.6 Å². The molecule has 1 aromatic rings. The van der Waals surface area contributed by atoms with Crippen LogP contribution in [0.3, 0.4) is 0 Å². The lowest BCUT2D eigenvalue weighted by Gasteiger charge is -2.16. The summed E-state index contributed by atoms with van der Waals surface area (Å²) in [5, 5.41) is 12.4. The number of para-hydroxylation sites is 1. The van der Waals surface area contributed by atoms with E-state index in [4.69, 9.17) is 4.74 Å². The van der Waals surface area contributed by atoms with Gasteiger partial charge in [-0.25, -0.2) is 0 Å². The van der Waals surface area contributed by atoms with Gasteiger partial charge in [0.15, 0.2) is 0 Å². The molecule has 0 aromatic heterocycles. The Kier molecular flexibility index (Phi) is 7.02. The molecule has 5 heteroatoms. The maximum Gasteiger partial charge on any atom is 0.307 e. The zero-order valence-electron chi connectivity index (χ0n) is 12.1. The van der Waals surface area contributed by atoms with Crippen molar-refractivity contribution in [3.8, 4) is 5.75 Å². The Labute approximate surface area is 128 Å². The van der Waals surface area contributed by atoms with E-state index in [1.807, 2.05) is 32.0 Å². The Morgan fingerprint density at radius 2 is 2.15 bits per heavy atom. The summed E-state index contributed by atoms with van der Waals surface area (Å²) in [6.07, 6.45) is 0.679. The van der Waals surface area contributed by atoms with Gasteiger partial charge in [-0.2, -0.15) is 0 Å². The minimum Gasteiger partial charge on any atom is -0.495 e. The van der Waals surface area contributed by atoms with E-state index >= 15 is 0 Å². The number of ether oxygens (including phenoxy) is 1. The summed E-state index contributed by atoms with van der Waals surface area (Å²) in [5.41, 5.74) is 1.01. The average molecular weight is 344 g/mol. The summed E-state index contributed by atoms with van der Waals surface area (Å²) in [4.78, 5) is 11.2. The second kappa shape index (κ2) is 8.27. The van der Waals surface area contributed by atoms with Crippen molar-refractivity contribution in [2.45, 2.75) is 26.8 Å². The van der Waals surface area contributed by atoms with Crippen LogP contribution in [-0.2, 0) is 11.3 Å². The SMILES string of the molecule is COc1c(Br)cccc1CNCC(CC(C)C)C(=O)O. The number of hydrogen-bond acceptors (Lipinski definition) is 3. The van der Waals surface area contributed by atoms with Crippen LogP contribution < -0.4 is 10.1 Å². The molecule has 1 aromatic carbocycles. The Hall–Kier alpha value is -1.07. The lowest BCUT2D eigenvalue weighted by Crippen LogP contribution is -2.29. The maximum absolute atomic E-state index is 11.2. The van der Waals surface area contributed by atoms with Gasteiger partial charge >= 0.3 is 5.97 Å². The molecule has 0 aliphatic heterocycles. The van der Waals surface area contributed by atoms with E-state index < -0.39 is 5.97 Å². The van der Waals surface area contributed by atoms with Gasteiger partial charge in [0.05, 0.1) is 17.5 Å². The molecule has 2 N–H and O–H groups in total. The van der Waals surface area contributed by atoms with E-state index in [-0.39, 0.29) is 5.92 Å². The van der Waals surface area contributed by atoms with Crippen LogP contribution in [-0.4, -0.2) is 24.7 Å². The van der Waals surface area contributed by atoms with Gasteiger partial charge in [-0.15, -0.1) is 0 Å². The largest absolute Gasteiger partial charge is 0.495 e. The van der Waals surface area contributed by atoms with Crippen LogP contribution >= 0.6 is 15.9 Å². The highest BCUT2D eigenvalue weighted by atomic mass is 79.9. The first-order valence-electron chi connectivity index (χ1n) is 6.70. The van der Waals surface area contributed by atoms with Gasteiger partial charge in [0.2, 0.25) is 0 Å². The average Bonchev–Trinajstić information content (AvgIpc) is 2.37. The summed E-state index contributed by atoms with van der Waals surface area (Å²) >= 11 is 3.44. The van der Waals surface area contributed by atoms with E-state index in [0.717, 1.165) is 15.8 Å². The molecular weight excluding hydrogens is 322 g/mol. The lowest BCUT2D eigenvalue weighted by atomic mass is 9.97. The Morgan fingerprint density at radius 3 is 2.70 bits per heavy atom. The second-order valence-corrected chi connectivity index (χ2v) is 6.08. The monoisotopic (exact) mass is 343 g/mol. The molecule has 0 spiro atoms. The fraction of sp³-hybridized carbons (Fsp3) is 0.533. The number of carbonyl (C=O) groups is 1. The molecule has 0 saturated carbocycles. The van der Waals surface area contributed by atoms with Crippen LogP contribution in [0, 0.1) is 11.8 Å². The van der Waals surface area contributed by atoms with Gasteiger partial charge < -0.3 is 15.2 Å². The quantitative estimate of drug-likeness (QED) is 0.760. The number of carboxylic acid groups (broad SMARTS) is 1. The minimum absolute atomic E-state index is 0.354. The number of rotatable bonds is 8. The highest BCUT2D eigenvalue weighted by Gasteiger charge is 2.18. The van der Waals surface area contributed by atoms with Gasteiger partial charge in [0, 0.05) is 18.7 Å². The first-order chi connectivity index (χ1) is 9.45.